The topological polar surface area (TPSA) is 55.1 Å². The summed E-state index contributed by atoms with van der Waals surface area (Å²) in [5.41, 5.74) is 10.4. The van der Waals surface area contributed by atoms with Gasteiger partial charge in [0.1, 0.15) is 0 Å². The number of aryl methyl sites for hydroxylation is 2. The van der Waals surface area contributed by atoms with Crippen LogP contribution in [0.4, 0.5) is 5.69 Å². The van der Waals surface area contributed by atoms with Crippen molar-refractivity contribution >= 4 is 27.5 Å². The maximum Gasteiger partial charge on any atom is 0.252 e. The van der Waals surface area contributed by atoms with Crippen LogP contribution < -0.4 is 11.1 Å². The number of nitrogen functional groups attached to an aromatic ring is 1. The fourth-order valence-electron chi connectivity index (χ4n) is 2.38. The quantitative estimate of drug-likeness (QED) is 0.820. The molecule has 2 rings (SSSR count). The van der Waals surface area contributed by atoms with Gasteiger partial charge < -0.3 is 11.1 Å². The summed E-state index contributed by atoms with van der Waals surface area (Å²) in [7, 11) is 0. The van der Waals surface area contributed by atoms with Crippen molar-refractivity contribution < 1.29 is 4.79 Å². The summed E-state index contributed by atoms with van der Waals surface area (Å²) in [5.74, 6) is -0.137. The number of benzene rings is 2. The third kappa shape index (κ3) is 3.64. The normalized spacial score (nSPS) is 12.0. The van der Waals surface area contributed by atoms with Gasteiger partial charge in [0, 0.05) is 10.2 Å². The average Bonchev–Trinajstić information content (AvgIpc) is 2.41. The van der Waals surface area contributed by atoms with Gasteiger partial charge in [0.25, 0.3) is 5.91 Å². The summed E-state index contributed by atoms with van der Waals surface area (Å²) in [5, 5.41) is 3.02. The molecule has 0 aromatic heterocycles. The van der Waals surface area contributed by atoms with Gasteiger partial charge in [-0.25, -0.2) is 0 Å². The van der Waals surface area contributed by atoms with Crippen LogP contribution in [0.3, 0.4) is 0 Å². The molecule has 4 heteroatoms. The van der Waals surface area contributed by atoms with Crippen molar-refractivity contribution in [2.45, 2.75) is 26.8 Å². The van der Waals surface area contributed by atoms with E-state index in [-0.39, 0.29) is 11.9 Å². The molecular weight excluding hydrogens is 328 g/mol. The number of halogens is 1. The smallest absolute Gasteiger partial charge is 0.252 e. The highest BCUT2D eigenvalue weighted by atomic mass is 79.9. The molecule has 0 saturated carbocycles. The summed E-state index contributed by atoms with van der Waals surface area (Å²) < 4.78 is 0.738. The van der Waals surface area contributed by atoms with E-state index in [0.717, 1.165) is 10.0 Å². The summed E-state index contributed by atoms with van der Waals surface area (Å²) in [6.45, 7) is 6.10. The molecule has 0 bridgehead atoms. The lowest BCUT2D eigenvalue weighted by atomic mass is 10.00. The van der Waals surface area contributed by atoms with Crippen LogP contribution in [0.1, 0.15) is 40.0 Å². The molecule has 1 atom stereocenters. The largest absolute Gasteiger partial charge is 0.399 e. The Kier molecular flexibility index (Phi) is 4.68. The minimum absolute atomic E-state index is 0.0635. The van der Waals surface area contributed by atoms with Gasteiger partial charge in [-0.15, -0.1) is 0 Å². The molecular formula is C17H19BrN2O. The fraction of sp³-hybridized carbons (Fsp3) is 0.235. The monoisotopic (exact) mass is 346 g/mol. The molecule has 2 aromatic carbocycles. The third-order valence-corrected chi connectivity index (χ3v) is 4.17. The van der Waals surface area contributed by atoms with Crippen LogP contribution in [-0.2, 0) is 0 Å². The van der Waals surface area contributed by atoms with Gasteiger partial charge in [0.2, 0.25) is 0 Å². The lowest BCUT2D eigenvalue weighted by Gasteiger charge is -2.18. The third-order valence-electron chi connectivity index (χ3n) is 3.47. The molecule has 1 unspecified atom stereocenters. The first-order valence-corrected chi connectivity index (χ1v) is 7.61. The zero-order valence-electron chi connectivity index (χ0n) is 12.4. The van der Waals surface area contributed by atoms with E-state index in [1.165, 1.54) is 11.1 Å². The Morgan fingerprint density at radius 3 is 2.57 bits per heavy atom. The van der Waals surface area contributed by atoms with Crippen molar-refractivity contribution in [1.82, 2.24) is 5.32 Å². The van der Waals surface area contributed by atoms with Crippen LogP contribution in [0.5, 0.6) is 0 Å². The highest BCUT2D eigenvalue weighted by Crippen LogP contribution is 2.22. The highest BCUT2D eigenvalue weighted by Gasteiger charge is 2.15. The molecule has 0 spiro atoms. The lowest BCUT2D eigenvalue weighted by Crippen LogP contribution is -2.27. The predicted octanol–water partition coefficient (Wildman–Crippen LogP) is 4.14. The molecule has 110 valence electrons. The Bertz CT molecular complexity index is 682. The number of anilines is 1. The Morgan fingerprint density at radius 1 is 1.19 bits per heavy atom. The minimum Gasteiger partial charge on any atom is -0.399 e. The molecule has 3 N–H and O–H groups in total. The molecule has 1 amide bonds. The average molecular weight is 347 g/mol. The van der Waals surface area contributed by atoms with Crippen LogP contribution in [0.2, 0.25) is 0 Å². The molecule has 0 aliphatic rings. The van der Waals surface area contributed by atoms with Gasteiger partial charge in [-0.2, -0.15) is 0 Å². The standard InChI is InChI=1S/C17H19BrN2O/c1-10-4-6-14(11(2)8-10)12(3)20-17(21)15-9-13(19)5-7-16(15)18/h4-9,12H,19H2,1-3H3,(H,20,21). The summed E-state index contributed by atoms with van der Waals surface area (Å²) in [6.07, 6.45) is 0. The van der Waals surface area contributed by atoms with Gasteiger partial charge in [-0.05, 0) is 66.0 Å². The predicted molar refractivity (Wildman–Crippen MR) is 90.4 cm³/mol. The first-order chi connectivity index (χ1) is 9.88. The Labute approximate surface area is 133 Å². The van der Waals surface area contributed by atoms with Crippen LogP contribution in [-0.4, -0.2) is 5.91 Å². The Balaban J connectivity index is 2.20. The molecule has 0 saturated heterocycles. The van der Waals surface area contributed by atoms with Crippen molar-refractivity contribution in [2.75, 3.05) is 5.73 Å². The first kappa shape index (κ1) is 15.6. The van der Waals surface area contributed by atoms with Crippen LogP contribution in [0.15, 0.2) is 40.9 Å². The van der Waals surface area contributed by atoms with Gasteiger partial charge in [-0.1, -0.05) is 23.8 Å². The second kappa shape index (κ2) is 6.31. The number of hydrogen-bond acceptors (Lipinski definition) is 2. The number of carbonyl (C=O) groups excluding carboxylic acids is 1. The maximum absolute atomic E-state index is 12.4. The zero-order valence-corrected chi connectivity index (χ0v) is 14.0. The SMILES string of the molecule is Cc1ccc(C(C)NC(=O)c2cc(N)ccc2Br)c(C)c1. The van der Waals surface area contributed by atoms with E-state index in [1.54, 1.807) is 18.2 Å². The second-order valence-electron chi connectivity index (χ2n) is 5.29. The van der Waals surface area contributed by atoms with Crippen LogP contribution in [0, 0.1) is 13.8 Å². The summed E-state index contributed by atoms with van der Waals surface area (Å²) >= 11 is 3.38. The summed E-state index contributed by atoms with van der Waals surface area (Å²) in [4.78, 5) is 12.4. The van der Waals surface area contributed by atoms with E-state index < -0.39 is 0 Å². The molecule has 3 nitrogen and oxygen atoms in total. The Hall–Kier alpha value is -1.81. The van der Waals surface area contributed by atoms with E-state index in [9.17, 15) is 4.79 Å². The van der Waals surface area contributed by atoms with E-state index in [0.29, 0.717) is 11.3 Å². The molecule has 21 heavy (non-hydrogen) atoms. The molecule has 0 aliphatic carbocycles. The molecule has 0 radical (unpaired) electrons. The summed E-state index contributed by atoms with van der Waals surface area (Å²) in [6, 6.07) is 11.4. The number of hydrogen-bond donors (Lipinski definition) is 2. The van der Waals surface area contributed by atoms with Gasteiger partial charge in [0.15, 0.2) is 0 Å². The zero-order chi connectivity index (χ0) is 15.6. The number of carbonyl (C=O) groups is 1. The number of amides is 1. The lowest BCUT2D eigenvalue weighted by molar-refractivity contribution is 0.0939. The van der Waals surface area contributed by atoms with Crippen molar-refractivity contribution in [1.29, 1.82) is 0 Å². The van der Waals surface area contributed by atoms with Gasteiger partial charge >= 0.3 is 0 Å². The van der Waals surface area contributed by atoms with E-state index in [2.05, 4.69) is 53.3 Å². The maximum atomic E-state index is 12.4. The minimum atomic E-state index is -0.137. The number of nitrogens with one attached hydrogen (secondary N) is 1. The van der Waals surface area contributed by atoms with Gasteiger partial charge in [0.05, 0.1) is 11.6 Å². The number of nitrogens with two attached hydrogens (primary N) is 1. The van der Waals surface area contributed by atoms with E-state index in [1.807, 2.05) is 6.92 Å². The van der Waals surface area contributed by atoms with E-state index >= 15 is 0 Å². The second-order valence-corrected chi connectivity index (χ2v) is 6.15. The van der Waals surface area contributed by atoms with Crippen LogP contribution in [0.25, 0.3) is 0 Å². The molecule has 0 heterocycles. The van der Waals surface area contributed by atoms with Crippen molar-refractivity contribution in [3.63, 3.8) is 0 Å². The highest BCUT2D eigenvalue weighted by molar-refractivity contribution is 9.10. The first-order valence-electron chi connectivity index (χ1n) is 6.81. The molecule has 0 aliphatic heterocycles. The fourth-order valence-corrected chi connectivity index (χ4v) is 2.81. The number of rotatable bonds is 3. The van der Waals surface area contributed by atoms with Crippen molar-refractivity contribution in [2.24, 2.45) is 0 Å². The molecule has 0 fully saturated rings. The van der Waals surface area contributed by atoms with Crippen LogP contribution >= 0.6 is 15.9 Å². The Morgan fingerprint density at radius 2 is 1.90 bits per heavy atom. The van der Waals surface area contributed by atoms with Gasteiger partial charge in [-0.3, -0.25) is 4.79 Å². The van der Waals surface area contributed by atoms with Crippen molar-refractivity contribution in [3.8, 4) is 0 Å². The van der Waals surface area contributed by atoms with E-state index in [4.69, 9.17) is 5.73 Å². The molecule has 2 aromatic rings. The van der Waals surface area contributed by atoms with Crippen molar-refractivity contribution in [3.05, 3.63) is 63.1 Å².